The second-order valence-electron chi connectivity index (χ2n) is 4.15. The summed E-state index contributed by atoms with van der Waals surface area (Å²) in [6, 6.07) is -0.626. The van der Waals surface area contributed by atoms with Crippen molar-refractivity contribution in [2.24, 2.45) is 0 Å². The zero-order chi connectivity index (χ0) is 12.4. The van der Waals surface area contributed by atoms with Gasteiger partial charge in [-0.25, -0.2) is 8.78 Å². The van der Waals surface area contributed by atoms with Gasteiger partial charge in [0.25, 0.3) is 6.43 Å². The molecule has 17 heavy (non-hydrogen) atoms. The van der Waals surface area contributed by atoms with E-state index in [4.69, 9.17) is 5.11 Å². The second kappa shape index (κ2) is 5.10. The van der Waals surface area contributed by atoms with Gasteiger partial charge in [-0.15, -0.1) is 0 Å². The molecule has 0 aromatic carbocycles. The number of hydrogen-bond donors (Lipinski definition) is 2. The first-order valence-electron chi connectivity index (χ1n) is 5.40. The van der Waals surface area contributed by atoms with Crippen LogP contribution >= 0.6 is 11.3 Å². The van der Waals surface area contributed by atoms with Crippen LogP contribution in [0, 0.1) is 0 Å². The maximum Gasteiger partial charge on any atom is 0.320 e. The number of nitrogens with one attached hydrogen (secondary N) is 1. The van der Waals surface area contributed by atoms with Gasteiger partial charge in [0.1, 0.15) is 6.04 Å². The molecule has 1 aliphatic rings. The average Bonchev–Trinajstić information content (AvgIpc) is 2.78. The number of carboxylic acids is 1. The third-order valence-electron chi connectivity index (χ3n) is 3.10. The van der Waals surface area contributed by atoms with Gasteiger partial charge in [-0.1, -0.05) is 0 Å². The summed E-state index contributed by atoms with van der Waals surface area (Å²) in [5.74, 6) is -0.990. The Bertz CT molecular complexity index is 408. The molecule has 0 aliphatic carbocycles. The summed E-state index contributed by atoms with van der Waals surface area (Å²) in [4.78, 5) is 10.9. The van der Waals surface area contributed by atoms with Gasteiger partial charge < -0.3 is 10.4 Å². The Balaban J connectivity index is 2.16. The number of aliphatic carboxylic acids is 1. The van der Waals surface area contributed by atoms with Gasteiger partial charge in [-0.3, -0.25) is 4.79 Å². The lowest BCUT2D eigenvalue weighted by atomic mass is 9.86. The highest BCUT2D eigenvalue weighted by Crippen LogP contribution is 2.36. The number of carbonyl (C=O) groups is 1. The van der Waals surface area contributed by atoms with Gasteiger partial charge in [0, 0.05) is 5.56 Å². The zero-order valence-corrected chi connectivity index (χ0v) is 9.84. The Hall–Kier alpha value is -1.01. The molecule has 1 aromatic rings. The molecular weight excluding hydrogens is 248 g/mol. The van der Waals surface area contributed by atoms with E-state index in [9.17, 15) is 13.6 Å². The number of hydrogen-bond acceptors (Lipinski definition) is 3. The first-order chi connectivity index (χ1) is 8.09. The molecule has 94 valence electrons. The van der Waals surface area contributed by atoms with E-state index in [0.29, 0.717) is 24.9 Å². The van der Waals surface area contributed by atoms with E-state index in [1.165, 1.54) is 16.7 Å². The van der Waals surface area contributed by atoms with Crippen molar-refractivity contribution < 1.29 is 18.7 Å². The van der Waals surface area contributed by atoms with Crippen molar-refractivity contribution in [2.75, 3.05) is 6.54 Å². The highest BCUT2D eigenvalue weighted by molar-refractivity contribution is 7.08. The van der Waals surface area contributed by atoms with E-state index in [1.807, 2.05) is 0 Å². The van der Waals surface area contributed by atoms with E-state index in [-0.39, 0.29) is 11.5 Å². The Labute approximate surface area is 101 Å². The molecule has 1 saturated heterocycles. The Kier molecular flexibility index (Phi) is 3.73. The van der Waals surface area contributed by atoms with Crippen LogP contribution in [0.1, 0.15) is 36.3 Å². The number of piperidine rings is 1. The van der Waals surface area contributed by atoms with Crippen molar-refractivity contribution >= 4 is 17.3 Å². The van der Waals surface area contributed by atoms with E-state index in [0.717, 1.165) is 0 Å². The fourth-order valence-electron chi connectivity index (χ4n) is 2.21. The quantitative estimate of drug-likeness (QED) is 0.879. The fourth-order valence-corrected chi connectivity index (χ4v) is 3.14. The molecule has 0 radical (unpaired) electrons. The normalized spacial score (nSPS) is 25.1. The number of thiophene rings is 1. The molecule has 2 N–H and O–H groups in total. The molecule has 1 aromatic heterocycles. The Morgan fingerprint density at radius 2 is 2.29 bits per heavy atom. The molecule has 2 unspecified atom stereocenters. The molecule has 6 heteroatoms. The van der Waals surface area contributed by atoms with E-state index < -0.39 is 18.4 Å². The maximum atomic E-state index is 12.7. The fraction of sp³-hybridized carbons (Fsp3) is 0.545. The molecule has 2 heterocycles. The summed E-state index contributed by atoms with van der Waals surface area (Å²) < 4.78 is 25.5. The van der Waals surface area contributed by atoms with Gasteiger partial charge >= 0.3 is 5.97 Å². The third-order valence-corrected chi connectivity index (χ3v) is 3.88. The molecular formula is C11H13F2NO2S. The van der Waals surface area contributed by atoms with Crippen molar-refractivity contribution in [2.45, 2.75) is 31.2 Å². The van der Waals surface area contributed by atoms with Crippen molar-refractivity contribution in [3.8, 4) is 0 Å². The molecule has 2 rings (SSSR count). The highest BCUT2D eigenvalue weighted by Gasteiger charge is 2.30. The SMILES string of the molecule is O=C(O)C1CC(c2cscc2C(F)F)CCN1. The van der Waals surface area contributed by atoms with Crippen LogP contribution in [0.2, 0.25) is 0 Å². The lowest BCUT2D eigenvalue weighted by Crippen LogP contribution is -2.42. The number of carboxylic acid groups (broad SMARTS) is 1. The van der Waals surface area contributed by atoms with Crippen LogP contribution in [0.25, 0.3) is 0 Å². The number of alkyl halides is 2. The predicted molar refractivity (Wildman–Crippen MR) is 60.7 cm³/mol. The monoisotopic (exact) mass is 261 g/mol. The minimum atomic E-state index is -2.48. The predicted octanol–water partition coefficient (Wildman–Crippen LogP) is 2.61. The van der Waals surface area contributed by atoms with Gasteiger partial charge in [0.05, 0.1) is 0 Å². The molecule has 0 amide bonds. The zero-order valence-electron chi connectivity index (χ0n) is 9.03. The van der Waals surface area contributed by atoms with Crippen LogP contribution in [0.15, 0.2) is 10.8 Å². The molecule has 0 saturated carbocycles. The lowest BCUT2D eigenvalue weighted by Gasteiger charge is -2.28. The van der Waals surface area contributed by atoms with Crippen molar-refractivity contribution in [3.63, 3.8) is 0 Å². The van der Waals surface area contributed by atoms with Crippen LogP contribution in [-0.4, -0.2) is 23.7 Å². The molecule has 3 nitrogen and oxygen atoms in total. The topological polar surface area (TPSA) is 49.3 Å². The summed E-state index contributed by atoms with van der Waals surface area (Å²) in [7, 11) is 0. The maximum absolute atomic E-state index is 12.7. The number of halogens is 2. The Morgan fingerprint density at radius 3 is 2.94 bits per heavy atom. The molecule has 0 bridgehead atoms. The lowest BCUT2D eigenvalue weighted by molar-refractivity contribution is -0.140. The Morgan fingerprint density at radius 1 is 1.53 bits per heavy atom. The minimum absolute atomic E-state index is 0.0611. The van der Waals surface area contributed by atoms with Crippen molar-refractivity contribution in [1.82, 2.24) is 5.32 Å². The first-order valence-corrected chi connectivity index (χ1v) is 6.34. The minimum Gasteiger partial charge on any atom is -0.480 e. The molecule has 1 fully saturated rings. The van der Waals surface area contributed by atoms with E-state index in [2.05, 4.69) is 5.32 Å². The van der Waals surface area contributed by atoms with E-state index in [1.54, 1.807) is 5.38 Å². The summed E-state index contributed by atoms with van der Waals surface area (Å²) >= 11 is 1.25. The number of rotatable bonds is 3. The first kappa shape index (κ1) is 12.4. The molecule has 2 atom stereocenters. The largest absolute Gasteiger partial charge is 0.480 e. The van der Waals surface area contributed by atoms with Crippen LogP contribution in [-0.2, 0) is 4.79 Å². The van der Waals surface area contributed by atoms with Crippen molar-refractivity contribution in [1.29, 1.82) is 0 Å². The van der Waals surface area contributed by atoms with E-state index >= 15 is 0 Å². The van der Waals surface area contributed by atoms with Crippen molar-refractivity contribution in [3.05, 3.63) is 21.9 Å². The smallest absolute Gasteiger partial charge is 0.320 e. The van der Waals surface area contributed by atoms with Gasteiger partial charge in [0.2, 0.25) is 0 Å². The van der Waals surface area contributed by atoms with Crippen LogP contribution < -0.4 is 5.32 Å². The third kappa shape index (κ3) is 2.63. The summed E-state index contributed by atoms with van der Waals surface area (Å²) in [5, 5.41) is 15.0. The van der Waals surface area contributed by atoms with Gasteiger partial charge in [0.15, 0.2) is 0 Å². The molecule has 0 spiro atoms. The molecule has 1 aliphatic heterocycles. The summed E-state index contributed by atoms with van der Waals surface area (Å²) in [6.45, 7) is 0.556. The van der Waals surface area contributed by atoms with Crippen LogP contribution in [0.5, 0.6) is 0 Å². The summed E-state index contributed by atoms with van der Waals surface area (Å²) in [6.07, 6.45) is -1.39. The van der Waals surface area contributed by atoms with Crippen LogP contribution in [0.4, 0.5) is 8.78 Å². The average molecular weight is 261 g/mol. The second-order valence-corrected chi connectivity index (χ2v) is 4.89. The standard InChI is InChI=1S/C11H13F2NO2S/c12-10(13)8-5-17-4-7(8)6-1-2-14-9(3-6)11(15)16/h4-6,9-10,14H,1-3H2,(H,15,16). The van der Waals surface area contributed by atoms with Crippen LogP contribution in [0.3, 0.4) is 0 Å². The van der Waals surface area contributed by atoms with Gasteiger partial charge in [-0.2, -0.15) is 11.3 Å². The summed E-state index contributed by atoms with van der Waals surface area (Å²) in [5.41, 5.74) is 0.684. The van der Waals surface area contributed by atoms with Gasteiger partial charge in [-0.05, 0) is 41.6 Å². The highest BCUT2D eigenvalue weighted by atomic mass is 32.1.